The Kier molecular flexibility index (Phi) is 5.43. The van der Waals surface area contributed by atoms with Crippen molar-refractivity contribution in [2.75, 3.05) is 44.8 Å². The molecule has 0 spiro atoms. The van der Waals surface area contributed by atoms with Crippen LogP contribution in [0.15, 0.2) is 24.5 Å². The summed E-state index contributed by atoms with van der Waals surface area (Å²) < 4.78 is 12.4. The van der Waals surface area contributed by atoms with Gasteiger partial charge in [-0.2, -0.15) is 5.10 Å². The molecule has 0 radical (unpaired) electrons. The molecule has 0 bridgehead atoms. The van der Waals surface area contributed by atoms with Crippen molar-refractivity contribution in [1.29, 1.82) is 0 Å². The summed E-state index contributed by atoms with van der Waals surface area (Å²) in [6.45, 7) is 5.15. The van der Waals surface area contributed by atoms with E-state index in [0.29, 0.717) is 42.0 Å². The lowest BCUT2D eigenvalue weighted by Crippen LogP contribution is -2.51. The van der Waals surface area contributed by atoms with Crippen LogP contribution < -0.4 is 5.32 Å². The molecular weight excluding hydrogens is 451 g/mol. The van der Waals surface area contributed by atoms with E-state index >= 15 is 0 Å². The zero-order valence-corrected chi connectivity index (χ0v) is 19.0. The lowest BCUT2D eigenvalue weighted by Gasteiger charge is -2.41. The van der Waals surface area contributed by atoms with Crippen molar-refractivity contribution < 1.29 is 9.47 Å². The molecule has 0 aliphatic carbocycles. The monoisotopic (exact) mass is 474 g/mol. The van der Waals surface area contributed by atoms with E-state index in [2.05, 4.69) is 26.4 Å². The fourth-order valence-electron chi connectivity index (χ4n) is 4.62. The number of ether oxygens (including phenoxy) is 2. The fourth-order valence-corrected chi connectivity index (χ4v) is 5.22. The Labute approximate surface area is 195 Å². The van der Waals surface area contributed by atoms with E-state index in [9.17, 15) is 0 Å². The Hall–Kier alpha value is -1.97. The standard InChI is InChI=1S/C22H24Cl2N6O2/c23-18-5-14-7-25-22(28-20-8-26-30(21(20)24)16-11-32-12-16)27-19(14)6-17(18)13-1-3-29(4-2-13)15-9-31-10-15/h5-8,13,15-16H,1-4,9-12H2,(H,25,27,28). The van der Waals surface area contributed by atoms with Gasteiger partial charge in [0.1, 0.15) is 6.04 Å². The number of piperidine rings is 1. The fraction of sp³-hybridized carbons (Fsp3) is 0.500. The second-order valence-electron chi connectivity index (χ2n) is 8.74. The molecule has 0 amide bonds. The molecule has 0 atom stereocenters. The van der Waals surface area contributed by atoms with Crippen molar-refractivity contribution in [3.8, 4) is 0 Å². The number of fused-ring (bicyclic) bond motifs is 1. The van der Waals surface area contributed by atoms with Gasteiger partial charge >= 0.3 is 0 Å². The topological polar surface area (TPSA) is 77.3 Å². The van der Waals surface area contributed by atoms with E-state index in [1.54, 1.807) is 17.1 Å². The van der Waals surface area contributed by atoms with Crippen molar-refractivity contribution in [2.45, 2.75) is 30.8 Å². The van der Waals surface area contributed by atoms with Gasteiger partial charge in [-0.05, 0) is 49.5 Å². The number of benzene rings is 1. The number of hydrogen-bond donors (Lipinski definition) is 1. The summed E-state index contributed by atoms with van der Waals surface area (Å²) in [6.07, 6.45) is 5.68. The summed E-state index contributed by atoms with van der Waals surface area (Å²) in [5, 5.41) is 9.81. The molecule has 10 heteroatoms. The van der Waals surface area contributed by atoms with Gasteiger partial charge in [0.25, 0.3) is 0 Å². The number of nitrogens with zero attached hydrogens (tertiary/aromatic N) is 5. The number of anilines is 2. The van der Waals surface area contributed by atoms with E-state index in [1.807, 2.05) is 6.07 Å². The van der Waals surface area contributed by atoms with Crippen LogP contribution in [0.2, 0.25) is 10.2 Å². The largest absolute Gasteiger partial charge is 0.378 e. The molecule has 3 aliphatic rings. The average molecular weight is 475 g/mol. The number of aromatic nitrogens is 4. The molecule has 1 N–H and O–H groups in total. The average Bonchev–Trinajstić information content (AvgIpc) is 3.06. The minimum absolute atomic E-state index is 0.184. The second kappa shape index (κ2) is 8.43. The number of rotatable bonds is 5. The maximum atomic E-state index is 6.67. The molecule has 0 saturated carbocycles. The first-order chi connectivity index (χ1) is 15.7. The summed E-state index contributed by atoms with van der Waals surface area (Å²) in [5.74, 6) is 0.921. The van der Waals surface area contributed by atoms with Gasteiger partial charge in [0.2, 0.25) is 5.95 Å². The van der Waals surface area contributed by atoms with Crippen LogP contribution in [0.25, 0.3) is 10.9 Å². The Morgan fingerprint density at radius 1 is 0.969 bits per heavy atom. The van der Waals surface area contributed by atoms with Crippen molar-refractivity contribution in [1.82, 2.24) is 24.6 Å². The van der Waals surface area contributed by atoms with Gasteiger partial charge in [0.05, 0.1) is 49.9 Å². The highest BCUT2D eigenvalue weighted by molar-refractivity contribution is 6.32. The molecule has 8 nitrogen and oxygen atoms in total. The summed E-state index contributed by atoms with van der Waals surface area (Å²) in [4.78, 5) is 11.7. The van der Waals surface area contributed by atoms with Crippen LogP contribution >= 0.6 is 23.2 Å². The van der Waals surface area contributed by atoms with Crippen LogP contribution in [0.1, 0.15) is 30.4 Å². The highest BCUT2D eigenvalue weighted by atomic mass is 35.5. The molecule has 32 heavy (non-hydrogen) atoms. The van der Waals surface area contributed by atoms with Gasteiger partial charge in [-0.1, -0.05) is 23.2 Å². The molecule has 168 valence electrons. The molecule has 1 aromatic carbocycles. The van der Waals surface area contributed by atoms with Crippen LogP contribution in [0.3, 0.4) is 0 Å². The molecule has 3 aromatic rings. The van der Waals surface area contributed by atoms with Crippen molar-refractivity contribution in [3.63, 3.8) is 0 Å². The maximum absolute atomic E-state index is 6.67. The quantitative estimate of drug-likeness (QED) is 0.597. The molecule has 3 saturated heterocycles. The van der Waals surface area contributed by atoms with Gasteiger partial charge < -0.3 is 14.8 Å². The second-order valence-corrected chi connectivity index (χ2v) is 9.50. The molecule has 3 fully saturated rings. The summed E-state index contributed by atoms with van der Waals surface area (Å²) >= 11 is 13.2. The highest BCUT2D eigenvalue weighted by Crippen LogP contribution is 2.36. The Balaban J connectivity index is 1.22. The van der Waals surface area contributed by atoms with Crippen LogP contribution in [0, 0.1) is 0 Å². The predicted octanol–water partition coefficient (Wildman–Crippen LogP) is 4.03. The van der Waals surface area contributed by atoms with Crippen molar-refractivity contribution in [3.05, 3.63) is 40.3 Å². The van der Waals surface area contributed by atoms with Gasteiger partial charge in [-0.15, -0.1) is 0 Å². The summed E-state index contributed by atoms with van der Waals surface area (Å²) in [7, 11) is 0. The van der Waals surface area contributed by atoms with E-state index in [0.717, 1.165) is 55.1 Å². The molecule has 6 rings (SSSR count). The normalized spacial score (nSPS) is 20.9. The van der Waals surface area contributed by atoms with Crippen LogP contribution in [-0.2, 0) is 9.47 Å². The zero-order chi connectivity index (χ0) is 21.7. The third kappa shape index (κ3) is 3.74. The van der Waals surface area contributed by atoms with E-state index in [1.165, 1.54) is 5.56 Å². The molecule has 0 unspecified atom stereocenters. The SMILES string of the molecule is Clc1cc2cnc(Nc3cnn(C4COC4)c3Cl)nc2cc1C1CCN(C2COC2)CC1. The smallest absolute Gasteiger partial charge is 0.227 e. The van der Waals surface area contributed by atoms with Gasteiger partial charge in [-0.25, -0.2) is 14.6 Å². The molecule has 2 aromatic heterocycles. The Morgan fingerprint density at radius 2 is 1.72 bits per heavy atom. The molecular formula is C22H24Cl2N6O2. The van der Waals surface area contributed by atoms with Crippen molar-refractivity contribution >= 4 is 45.7 Å². The van der Waals surface area contributed by atoms with E-state index in [4.69, 9.17) is 37.7 Å². The Morgan fingerprint density at radius 3 is 2.41 bits per heavy atom. The summed E-state index contributed by atoms with van der Waals surface area (Å²) in [5.41, 5.74) is 2.72. The molecule has 5 heterocycles. The first kappa shape index (κ1) is 20.6. The zero-order valence-electron chi connectivity index (χ0n) is 17.5. The predicted molar refractivity (Wildman–Crippen MR) is 123 cm³/mol. The van der Waals surface area contributed by atoms with Crippen LogP contribution in [0.4, 0.5) is 11.6 Å². The Bertz CT molecular complexity index is 1140. The number of nitrogens with one attached hydrogen (secondary N) is 1. The number of halogens is 2. The summed E-state index contributed by atoms with van der Waals surface area (Å²) in [6, 6.07) is 4.87. The lowest BCUT2D eigenvalue weighted by molar-refractivity contribution is -0.0712. The highest BCUT2D eigenvalue weighted by Gasteiger charge is 2.31. The number of likely N-dealkylation sites (tertiary alicyclic amines) is 1. The van der Waals surface area contributed by atoms with Gasteiger partial charge in [0, 0.05) is 16.6 Å². The van der Waals surface area contributed by atoms with Crippen LogP contribution in [0.5, 0.6) is 0 Å². The minimum Gasteiger partial charge on any atom is -0.378 e. The minimum atomic E-state index is 0.184. The van der Waals surface area contributed by atoms with Gasteiger partial charge in [0.15, 0.2) is 5.15 Å². The van der Waals surface area contributed by atoms with Crippen LogP contribution in [-0.4, -0.2) is 70.2 Å². The third-order valence-electron chi connectivity index (χ3n) is 6.75. The van der Waals surface area contributed by atoms with Crippen molar-refractivity contribution in [2.24, 2.45) is 0 Å². The lowest BCUT2D eigenvalue weighted by atomic mass is 9.88. The number of hydrogen-bond acceptors (Lipinski definition) is 7. The van der Waals surface area contributed by atoms with Gasteiger partial charge in [-0.3, -0.25) is 4.90 Å². The van der Waals surface area contributed by atoms with E-state index < -0.39 is 0 Å². The van der Waals surface area contributed by atoms with E-state index in [-0.39, 0.29) is 6.04 Å². The molecule has 3 aliphatic heterocycles. The third-order valence-corrected chi connectivity index (χ3v) is 7.46. The first-order valence-electron chi connectivity index (χ1n) is 11.0. The maximum Gasteiger partial charge on any atom is 0.227 e. The first-order valence-corrected chi connectivity index (χ1v) is 11.8.